The number of anilines is 4. The Morgan fingerprint density at radius 3 is 2.60 bits per heavy atom. The van der Waals surface area contributed by atoms with Gasteiger partial charge in [-0.1, -0.05) is 0 Å². The summed E-state index contributed by atoms with van der Waals surface area (Å²) >= 11 is 0. The van der Waals surface area contributed by atoms with Crippen molar-refractivity contribution in [3.63, 3.8) is 0 Å². The Balaban J connectivity index is 2.12. The number of benzene rings is 1. The predicted molar refractivity (Wildman–Crippen MR) is 98.4 cm³/mol. The number of carbonyl (C=O) groups is 1. The largest absolute Gasteiger partial charge is 0.396 e. The quantitative estimate of drug-likeness (QED) is 0.817. The zero-order valence-corrected chi connectivity index (χ0v) is 14.8. The third-order valence-corrected chi connectivity index (χ3v) is 4.17. The van der Waals surface area contributed by atoms with Crippen LogP contribution in [0.15, 0.2) is 30.5 Å². The first-order chi connectivity index (χ1) is 11.7. The summed E-state index contributed by atoms with van der Waals surface area (Å²) in [6.45, 7) is 6.26. The average Bonchev–Trinajstić information content (AvgIpc) is 2.55. The topological polar surface area (TPSA) is 74.5 Å². The zero-order chi connectivity index (χ0) is 18.4. The first-order valence-electron chi connectivity index (χ1n) is 8.06. The first kappa shape index (κ1) is 17.0. The summed E-state index contributed by atoms with van der Waals surface area (Å²) in [7, 11) is 1.79. The van der Waals surface area contributed by atoms with Gasteiger partial charge in [-0.3, -0.25) is 9.80 Å². The Bertz CT molecular complexity index is 831. The molecule has 0 fully saturated rings. The van der Waals surface area contributed by atoms with E-state index >= 15 is 0 Å². The second kappa shape index (κ2) is 5.91. The molecule has 0 saturated carbocycles. The van der Waals surface area contributed by atoms with Crippen LogP contribution in [0.2, 0.25) is 0 Å². The second-order valence-corrected chi connectivity index (χ2v) is 7.03. The SMILES string of the molecule is CNc1cc2c(cn1)CN(c1ccc(F)c(N)c1)C(=O)N2C(C)(C)C. The number of nitrogens with two attached hydrogens (primary N) is 1. The fourth-order valence-corrected chi connectivity index (χ4v) is 2.95. The number of halogens is 1. The summed E-state index contributed by atoms with van der Waals surface area (Å²) in [5.74, 6) is 0.196. The van der Waals surface area contributed by atoms with Gasteiger partial charge >= 0.3 is 6.03 Å². The summed E-state index contributed by atoms with van der Waals surface area (Å²) < 4.78 is 13.5. The van der Waals surface area contributed by atoms with Crippen LogP contribution >= 0.6 is 0 Å². The van der Waals surface area contributed by atoms with E-state index in [0.29, 0.717) is 18.1 Å². The number of urea groups is 1. The van der Waals surface area contributed by atoms with E-state index < -0.39 is 11.4 Å². The van der Waals surface area contributed by atoms with Crippen LogP contribution in [0.5, 0.6) is 0 Å². The van der Waals surface area contributed by atoms with E-state index in [-0.39, 0.29) is 11.7 Å². The molecular weight excluding hydrogens is 321 g/mol. The van der Waals surface area contributed by atoms with Gasteiger partial charge in [0.15, 0.2) is 0 Å². The fraction of sp³-hybridized carbons (Fsp3) is 0.333. The van der Waals surface area contributed by atoms with Gasteiger partial charge in [0.2, 0.25) is 0 Å². The lowest BCUT2D eigenvalue weighted by Crippen LogP contribution is -2.55. The van der Waals surface area contributed by atoms with E-state index in [2.05, 4.69) is 10.3 Å². The highest BCUT2D eigenvalue weighted by Crippen LogP contribution is 2.37. The van der Waals surface area contributed by atoms with Crippen molar-refractivity contribution >= 4 is 28.9 Å². The number of aromatic nitrogens is 1. The van der Waals surface area contributed by atoms with Crippen molar-refractivity contribution in [1.29, 1.82) is 0 Å². The molecule has 6 nitrogen and oxygen atoms in total. The van der Waals surface area contributed by atoms with E-state index in [1.165, 1.54) is 12.1 Å². The number of carbonyl (C=O) groups excluding carboxylic acids is 1. The van der Waals surface area contributed by atoms with E-state index in [1.54, 1.807) is 29.1 Å². The molecule has 0 unspecified atom stereocenters. The van der Waals surface area contributed by atoms with Crippen molar-refractivity contribution < 1.29 is 9.18 Å². The van der Waals surface area contributed by atoms with Gasteiger partial charge in [-0.2, -0.15) is 0 Å². The molecule has 2 amide bonds. The zero-order valence-electron chi connectivity index (χ0n) is 14.8. The van der Waals surface area contributed by atoms with Crippen molar-refractivity contribution in [2.75, 3.05) is 27.9 Å². The van der Waals surface area contributed by atoms with Gasteiger partial charge < -0.3 is 11.1 Å². The van der Waals surface area contributed by atoms with Crippen LogP contribution < -0.4 is 20.9 Å². The van der Waals surface area contributed by atoms with E-state index in [9.17, 15) is 9.18 Å². The highest BCUT2D eigenvalue weighted by molar-refractivity contribution is 6.07. The highest BCUT2D eigenvalue weighted by Gasteiger charge is 2.38. The average molecular weight is 343 g/mol. The fourth-order valence-electron chi connectivity index (χ4n) is 2.95. The molecule has 132 valence electrons. The minimum absolute atomic E-state index is 0.0158. The lowest BCUT2D eigenvalue weighted by Gasteiger charge is -2.44. The molecule has 1 aromatic carbocycles. The molecule has 0 atom stereocenters. The third kappa shape index (κ3) is 2.97. The van der Waals surface area contributed by atoms with Gasteiger partial charge in [0.25, 0.3) is 0 Å². The molecule has 3 rings (SSSR count). The van der Waals surface area contributed by atoms with E-state index in [0.717, 1.165) is 11.3 Å². The second-order valence-electron chi connectivity index (χ2n) is 7.03. The monoisotopic (exact) mass is 343 g/mol. The van der Waals surface area contributed by atoms with Crippen LogP contribution in [-0.4, -0.2) is 23.6 Å². The number of nitrogens with zero attached hydrogens (tertiary/aromatic N) is 3. The molecule has 0 bridgehead atoms. The number of pyridine rings is 1. The number of nitrogens with one attached hydrogen (secondary N) is 1. The minimum atomic E-state index is -0.499. The van der Waals surface area contributed by atoms with Gasteiger partial charge in [0.05, 0.1) is 17.9 Å². The smallest absolute Gasteiger partial charge is 0.329 e. The molecular formula is C18H22FN5O. The van der Waals surface area contributed by atoms with Crippen molar-refractivity contribution in [2.24, 2.45) is 0 Å². The molecule has 2 heterocycles. The van der Waals surface area contributed by atoms with Gasteiger partial charge in [-0.05, 0) is 39.0 Å². The normalized spacial score (nSPS) is 14.5. The molecule has 3 N–H and O–H groups in total. The summed E-state index contributed by atoms with van der Waals surface area (Å²) in [5.41, 5.74) is 7.54. The Kier molecular flexibility index (Phi) is 4.02. The van der Waals surface area contributed by atoms with Crippen LogP contribution in [0.1, 0.15) is 26.3 Å². The molecule has 2 aromatic rings. The Hall–Kier alpha value is -2.83. The van der Waals surface area contributed by atoms with Crippen LogP contribution in [-0.2, 0) is 6.54 Å². The summed E-state index contributed by atoms with van der Waals surface area (Å²) in [6.07, 6.45) is 1.76. The molecule has 0 saturated heterocycles. The summed E-state index contributed by atoms with van der Waals surface area (Å²) in [6, 6.07) is 6.00. The number of hydrogen-bond donors (Lipinski definition) is 2. The molecule has 7 heteroatoms. The maximum absolute atomic E-state index is 13.5. The standard InChI is InChI=1S/C18H22FN5O/c1-18(2,3)24-15-8-16(21-4)22-9-11(15)10-23(17(24)25)12-5-6-13(19)14(20)7-12/h5-9H,10,20H2,1-4H3,(H,21,22). The van der Waals surface area contributed by atoms with Crippen molar-refractivity contribution in [3.8, 4) is 0 Å². The van der Waals surface area contributed by atoms with Crippen LogP contribution in [0.4, 0.5) is 32.1 Å². The number of rotatable bonds is 2. The van der Waals surface area contributed by atoms with Crippen molar-refractivity contribution in [2.45, 2.75) is 32.9 Å². The molecule has 0 spiro atoms. The van der Waals surface area contributed by atoms with Crippen molar-refractivity contribution in [1.82, 2.24) is 4.98 Å². The lowest BCUT2D eigenvalue weighted by molar-refractivity contribution is 0.244. The molecule has 1 aliphatic heterocycles. The van der Waals surface area contributed by atoms with Crippen molar-refractivity contribution in [3.05, 3.63) is 41.8 Å². The first-order valence-corrected chi connectivity index (χ1v) is 8.06. The van der Waals surface area contributed by atoms with Gasteiger partial charge in [0.1, 0.15) is 11.6 Å². The number of hydrogen-bond acceptors (Lipinski definition) is 4. The third-order valence-electron chi connectivity index (χ3n) is 4.17. The van der Waals surface area contributed by atoms with Crippen LogP contribution in [0.3, 0.4) is 0 Å². The predicted octanol–water partition coefficient (Wildman–Crippen LogP) is 3.59. The highest BCUT2D eigenvalue weighted by atomic mass is 19.1. The number of nitrogen functional groups attached to an aromatic ring is 1. The maximum atomic E-state index is 13.5. The molecule has 0 aliphatic carbocycles. The van der Waals surface area contributed by atoms with Gasteiger partial charge in [-0.25, -0.2) is 14.2 Å². The van der Waals surface area contributed by atoms with E-state index in [4.69, 9.17) is 5.73 Å². The van der Waals surface area contributed by atoms with Gasteiger partial charge in [-0.15, -0.1) is 0 Å². The van der Waals surface area contributed by atoms with Gasteiger partial charge in [0, 0.05) is 36.1 Å². The Morgan fingerprint density at radius 2 is 2.00 bits per heavy atom. The molecule has 0 radical (unpaired) electrons. The Morgan fingerprint density at radius 1 is 1.28 bits per heavy atom. The number of amides is 2. The summed E-state index contributed by atoms with van der Waals surface area (Å²) in [4.78, 5) is 20.9. The summed E-state index contributed by atoms with van der Waals surface area (Å²) in [5, 5.41) is 3.00. The molecule has 1 aliphatic rings. The minimum Gasteiger partial charge on any atom is -0.396 e. The Labute approximate surface area is 146 Å². The maximum Gasteiger partial charge on any atom is 0.329 e. The molecule has 25 heavy (non-hydrogen) atoms. The van der Waals surface area contributed by atoms with E-state index in [1.807, 2.05) is 26.8 Å². The van der Waals surface area contributed by atoms with Crippen LogP contribution in [0.25, 0.3) is 0 Å². The number of fused-ring (bicyclic) bond motifs is 1. The molecule has 1 aromatic heterocycles. The van der Waals surface area contributed by atoms with Crippen LogP contribution in [0, 0.1) is 5.82 Å². The lowest BCUT2D eigenvalue weighted by atomic mass is 10.0.